The smallest absolute Gasteiger partial charge is 0.329 e. The third-order valence-corrected chi connectivity index (χ3v) is 15.0. The summed E-state index contributed by atoms with van der Waals surface area (Å²) in [7, 11) is 2.95. The molecule has 0 radical (unpaired) electrons. The van der Waals surface area contributed by atoms with Crippen molar-refractivity contribution in [3.63, 3.8) is 0 Å². The number of hydrogen-bond donors (Lipinski definition) is 4. The van der Waals surface area contributed by atoms with Crippen molar-refractivity contribution in [3.05, 3.63) is 47.6 Å². The number of ether oxygens (including phenoxy) is 5. The number of carbonyl (C=O) groups is 5. The van der Waals surface area contributed by atoms with Gasteiger partial charge in [0.2, 0.25) is 5.79 Å². The van der Waals surface area contributed by atoms with Crippen LogP contribution in [0.2, 0.25) is 0 Å². The molecule has 3 aliphatic heterocycles. The molecule has 0 unspecified atom stereocenters. The predicted molar refractivity (Wildman–Crippen MR) is 256 cm³/mol. The van der Waals surface area contributed by atoms with Crippen molar-refractivity contribution in [1.29, 1.82) is 0 Å². The van der Waals surface area contributed by atoms with Crippen LogP contribution in [0.5, 0.6) is 0 Å². The molecule has 0 aromatic rings. The highest BCUT2D eigenvalue weighted by molar-refractivity contribution is 6.39. The first-order valence-electron chi connectivity index (χ1n) is 25.1. The van der Waals surface area contributed by atoms with E-state index in [0.29, 0.717) is 63.4 Å². The van der Waals surface area contributed by atoms with Gasteiger partial charge in [-0.05, 0) is 107 Å². The topological polar surface area (TPSA) is 216 Å². The molecule has 0 aromatic heterocycles. The van der Waals surface area contributed by atoms with Gasteiger partial charge in [0, 0.05) is 63.9 Å². The standard InChI is InChI=1S/C53H83NO14/c1-32-15-11-10-12-16-33(2)45(64-8)29-41-20-18-38(7)53(63,68-41)50(60)51(61)54-22-14-13-17-42(54)52(62)67-46(35(4)27-39-19-21-44(66-24-23-55)40(28-39)31-56)30-43(57)34(3)26-37(6)48(59)49(65-9)47(58)36(5)25-32/h10-12,15-16,26,32,34-36,38-42,44-46,48-49,55-56,59,63H,13-14,17-25,27-31H2,1-9H3/b12-10+,15-11+,33-16+,37-26+/t32-,34-,35-,36-,38-,39+,40+,41+,42+,44-,45+,46+,48-,49+,53-/m1/s1. The highest BCUT2D eigenvalue weighted by Crippen LogP contribution is 2.39. The SMILES string of the molecule is CO[C@H]1C[C@@H]2CC[C@@H](C)[C@@](O)(O2)C(=O)C(=O)N2CCCC[C@H]2C(=O)O[C@H]([C@H](C)C[C@@H]2CC[C@@H](OCCO)[C@H](CO)C2)CC(=O)[C@H](C)/C=C(\C)[C@@H](O)[C@@H](OC)C(=O)[C@H](C)C[C@H](C)/C=C/C=C/C=C/1C. The molecule has 1 saturated carbocycles. The molecule has 3 fully saturated rings. The van der Waals surface area contributed by atoms with Gasteiger partial charge in [-0.3, -0.25) is 19.2 Å². The molecule has 4 rings (SSSR count). The number of esters is 1. The Morgan fingerprint density at radius 3 is 2.29 bits per heavy atom. The first-order valence-corrected chi connectivity index (χ1v) is 25.1. The Bertz CT molecular complexity index is 1810. The van der Waals surface area contributed by atoms with Crippen molar-refractivity contribution < 1.29 is 68.1 Å². The third kappa shape index (κ3) is 15.3. The molecule has 3 heterocycles. The quantitative estimate of drug-likeness (QED) is 0.122. The fraction of sp³-hybridized carbons (Fsp3) is 0.755. The summed E-state index contributed by atoms with van der Waals surface area (Å²) in [5, 5.41) is 43.0. The van der Waals surface area contributed by atoms with Crippen LogP contribution in [0, 0.1) is 41.4 Å². The summed E-state index contributed by atoms with van der Waals surface area (Å²) in [6.07, 6.45) is 11.9. The van der Waals surface area contributed by atoms with E-state index in [-0.39, 0.29) is 80.5 Å². The predicted octanol–water partition coefficient (Wildman–Crippen LogP) is 5.79. The van der Waals surface area contributed by atoms with Gasteiger partial charge in [0.25, 0.3) is 11.7 Å². The van der Waals surface area contributed by atoms with Crippen molar-refractivity contribution in [1.82, 2.24) is 4.90 Å². The number of hydrogen-bond acceptors (Lipinski definition) is 14. The zero-order chi connectivity index (χ0) is 50.3. The first kappa shape index (κ1) is 57.2. The van der Waals surface area contributed by atoms with Gasteiger partial charge in [-0.1, -0.05) is 71.1 Å². The summed E-state index contributed by atoms with van der Waals surface area (Å²) in [6, 6.07) is -1.16. The van der Waals surface area contributed by atoms with Gasteiger partial charge in [0.15, 0.2) is 5.78 Å². The van der Waals surface area contributed by atoms with E-state index < -0.39 is 77.8 Å². The number of carbonyl (C=O) groups excluding carboxylic acids is 5. The first-order chi connectivity index (χ1) is 32.3. The van der Waals surface area contributed by atoms with Crippen molar-refractivity contribution in [2.24, 2.45) is 41.4 Å². The highest BCUT2D eigenvalue weighted by atomic mass is 16.6. The van der Waals surface area contributed by atoms with E-state index in [2.05, 4.69) is 0 Å². The fourth-order valence-corrected chi connectivity index (χ4v) is 10.6. The lowest BCUT2D eigenvalue weighted by Crippen LogP contribution is -2.61. The van der Waals surface area contributed by atoms with Crippen LogP contribution in [0.25, 0.3) is 0 Å². The molecular weight excluding hydrogens is 875 g/mol. The van der Waals surface area contributed by atoms with Crippen molar-refractivity contribution in [3.8, 4) is 0 Å². The number of aliphatic hydroxyl groups excluding tert-OH is 3. The molecule has 2 saturated heterocycles. The minimum atomic E-state index is -2.44. The Kier molecular flexibility index (Phi) is 22.9. The van der Waals surface area contributed by atoms with E-state index in [9.17, 15) is 44.4 Å². The molecule has 1 aliphatic carbocycles. The van der Waals surface area contributed by atoms with Gasteiger partial charge in [-0.25, -0.2) is 4.79 Å². The average Bonchev–Trinajstić information content (AvgIpc) is 3.32. The van der Waals surface area contributed by atoms with Crippen LogP contribution in [-0.2, 0) is 47.7 Å². The Morgan fingerprint density at radius 2 is 1.62 bits per heavy atom. The lowest BCUT2D eigenvalue weighted by Gasteiger charge is -2.42. The van der Waals surface area contributed by atoms with Crippen molar-refractivity contribution in [2.75, 3.05) is 40.6 Å². The number of allylic oxidation sites excluding steroid dienone is 6. The van der Waals surface area contributed by atoms with Crippen LogP contribution >= 0.6 is 0 Å². The fourth-order valence-electron chi connectivity index (χ4n) is 10.6. The van der Waals surface area contributed by atoms with Gasteiger partial charge in [-0.15, -0.1) is 0 Å². The summed E-state index contributed by atoms with van der Waals surface area (Å²) < 4.78 is 29.7. The molecule has 4 N–H and O–H groups in total. The normalized spacial score (nSPS) is 39.2. The third-order valence-electron chi connectivity index (χ3n) is 15.0. The molecule has 15 nitrogen and oxygen atoms in total. The largest absolute Gasteiger partial charge is 0.460 e. The Hall–Kier alpha value is -3.41. The summed E-state index contributed by atoms with van der Waals surface area (Å²) in [6.45, 7) is 12.7. The minimum absolute atomic E-state index is 0.0109. The molecule has 1 amide bonds. The van der Waals surface area contributed by atoms with E-state index in [0.717, 1.165) is 12.0 Å². The number of piperidine rings is 1. The maximum absolute atomic E-state index is 14.4. The van der Waals surface area contributed by atoms with Crippen LogP contribution in [0.1, 0.15) is 126 Å². The van der Waals surface area contributed by atoms with Crippen molar-refractivity contribution >= 4 is 29.2 Å². The number of amides is 1. The number of methoxy groups -OCH3 is 2. The number of rotatable bonds is 9. The summed E-state index contributed by atoms with van der Waals surface area (Å²) in [5.41, 5.74) is 1.25. The Labute approximate surface area is 404 Å². The van der Waals surface area contributed by atoms with Gasteiger partial charge >= 0.3 is 5.97 Å². The van der Waals surface area contributed by atoms with Crippen LogP contribution in [0.15, 0.2) is 47.6 Å². The zero-order valence-corrected chi connectivity index (χ0v) is 42.2. The van der Waals surface area contributed by atoms with Crippen LogP contribution in [-0.4, -0.2) is 144 Å². The number of aliphatic hydroxyl groups is 4. The maximum atomic E-state index is 14.4. The minimum Gasteiger partial charge on any atom is -0.460 e. The van der Waals surface area contributed by atoms with Gasteiger partial charge in [0.05, 0.1) is 31.5 Å². The van der Waals surface area contributed by atoms with Crippen LogP contribution in [0.3, 0.4) is 0 Å². The van der Waals surface area contributed by atoms with Gasteiger partial charge in [0.1, 0.15) is 30.1 Å². The zero-order valence-electron chi connectivity index (χ0n) is 42.2. The molecule has 4 aliphatic rings. The summed E-state index contributed by atoms with van der Waals surface area (Å²) >= 11 is 0. The maximum Gasteiger partial charge on any atom is 0.329 e. The monoisotopic (exact) mass is 958 g/mol. The molecule has 0 spiro atoms. The molecule has 15 atom stereocenters. The van der Waals surface area contributed by atoms with Crippen LogP contribution < -0.4 is 0 Å². The molecule has 0 aromatic carbocycles. The number of cyclic esters (lactones) is 1. The second-order valence-electron chi connectivity index (χ2n) is 20.3. The van der Waals surface area contributed by atoms with Crippen LogP contribution in [0.4, 0.5) is 0 Å². The van der Waals surface area contributed by atoms with Gasteiger partial charge < -0.3 is 49.0 Å². The van der Waals surface area contributed by atoms with E-state index in [1.54, 1.807) is 34.0 Å². The molecule has 68 heavy (non-hydrogen) atoms. The number of Topliss-reactive ketones (excluding diaryl/α,β-unsaturated/α-hetero) is 3. The number of nitrogens with zero attached hydrogens (tertiary/aromatic N) is 1. The molecule has 15 heteroatoms. The average molecular weight is 958 g/mol. The molecule has 384 valence electrons. The van der Waals surface area contributed by atoms with E-state index in [4.69, 9.17) is 23.7 Å². The Balaban J connectivity index is 1.70. The lowest BCUT2D eigenvalue weighted by molar-refractivity contribution is -0.265. The lowest BCUT2D eigenvalue weighted by atomic mass is 9.75. The number of fused-ring (bicyclic) bond motifs is 3. The highest BCUT2D eigenvalue weighted by Gasteiger charge is 2.53. The van der Waals surface area contributed by atoms with E-state index >= 15 is 0 Å². The van der Waals surface area contributed by atoms with E-state index in [1.807, 2.05) is 58.1 Å². The molecule has 2 bridgehead atoms. The van der Waals surface area contributed by atoms with Gasteiger partial charge in [-0.2, -0.15) is 0 Å². The van der Waals surface area contributed by atoms with Crippen molar-refractivity contribution in [2.45, 2.75) is 174 Å². The second kappa shape index (κ2) is 27.3. The molecular formula is C53H83NO14. The number of ketones is 3. The Morgan fingerprint density at radius 1 is 0.882 bits per heavy atom. The summed E-state index contributed by atoms with van der Waals surface area (Å²) in [4.78, 5) is 72.1. The van der Waals surface area contributed by atoms with E-state index in [1.165, 1.54) is 12.0 Å². The second-order valence-corrected chi connectivity index (χ2v) is 20.3. The summed E-state index contributed by atoms with van der Waals surface area (Å²) in [5.74, 6) is -8.27.